The van der Waals surface area contributed by atoms with Crippen LogP contribution in [0.15, 0.2) is 30.3 Å². The van der Waals surface area contributed by atoms with Crippen molar-refractivity contribution in [3.63, 3.8) is 0 Å². The second-order valence-electron chi connectivity index (χ2n) is 18.6. The first-order valence-corrected chi connectivity index (χ1v) is 31.8. The highest BCUT2D eigenvalue weighted by Gasteiger charge is 2.34. The molecule has 100 heavy (non-hydrogen) atoms. The van der Waals surface area contributed by atoms with Crippen molar-refractivity contribution < 1.29 is 72.2 Å². The highest BCUT2D eigenvalue weighted by molar-refractivity contribution is 5.93. The van der Waals surface area contributed by atoms with E-state index in [9.17, 15) is 19.2 Å². The quantitative estimate of drug-likeness (QED) is 0.0925. The summed E-state index contributed by atoms with van der Waals surface area (Å²) < 4.78 is 0. The third-order valence-electron chi connectivity index (χ3n) is 9.34. The van der Waals surface area contributed by atoms with E-state index < -0.39 is 18.1 Å². The molecule has 1 fully saturated rings. The summed E-state index contributed by atoms with van der Waals surface area (Å²) in [7, 11) is 12.1. The Hall–Kier alpha value is -6.64. The topological polar surface area (TPSA) is 577 Å². The van der Waals surface area contributed by atoms with Crippen LogP contribution in [0.1, 0.15) is 217 Å². The van der Waals surface area contributed by atoms with Crippen LogP contribution in [0.2, 0.25) is 0 Å². The Bertz CT molecular complexity index is 1310. The molecule has 1 aliphatic heterocycles. The SMILES string of the molecule is C=O.C=O.C=O.C=O.C=O.C=O.C=O.C=O.C=O.C=O.CC.CC.CC(=O)N(C)[C@@H](C)C(=O)N(C)C(CC(C)C)C(=O)N[C@@H](C)C(=O)N1CCCCC1.CC(C)C.CC(C)O.CCC(C)C.CCC(C)C.CCC(C)C.CCc1ccccc1.CN.CN.CN.CN.CN.CN.N.N.N.N. The molecule has 2 rings (SSSR count). The maximum atomic E-state index is 13.0. The molecule has 0 radical (unpaired) electrons. The maximum Gasteiger partial charge on any atom is 0.245 e. The average molecular weight is 1470 g/mol. The number of aliphatic hydroxyl groups excluding tert-OH is 1. The van der Waals surface area contributed by atoms with Crippen LogP contribution < -0.4 is 64.3 Å². The minimum Gasteiger partial charge on any atom is -0.394 e. The number of carbonyl (C=O) groups excluding carboxylic acids is 14. The number of likely N-dealkylation sites (N-methyl/N-ethyl adjacent to an activating group) is 2. The molecule has 29 heteroatoms. The monoisotopic (exact) mass is 1470 g/mol. The van der Waals surface area contributed by atoms with Gasteiger partial charge in [-0.15, -0.1) is 0 Å². The van der Waals surface area contributed by atoms with Crippen LogP contribution in [0.25, 0.3) is 0 Å². The Balaban J connectivity index is -0.0000000253. The third-order valence-corrected chi connectivity index (χ3v) is 9.34. The Labute approximate surface area is 617 Å². The van der Waals surface area contributed by atoms with E-state index in [-0.39, 0.29) is 60.3 Å². The zero-order valence-corrected chi connectivity index (χ0v) is 71.0. The van der Waals surface area contributed by atoms with E-state index >= 15 is 0 Å². The highest BCUT2D eigenvalue weighted by atomic mass is 16.3. The van der Waals surface area contributed by atoms with Crippen LogP contribution in [0.5, 0.6) is 0 Å². The van der Waals surface area contributed by atoms with Gasteiger partial charge in [-0.3, -0.25) is 19.2 Å². The number of rotatable bonds is 12. The smallest absolute Gasteiger partial charge is 0.245 e. The van der Waals surface area contributed by atoms with Gasteiger partial charge in [-0.2, -0.15) is 0 Å². The van der Waals surface area contributed by atoms with Gasteiger partial charge in [0.1, 0.15) is 86.0 Å². The number of hydrogen-bond donors (Lipinski definition) is 12. The van der Waals surface area contributed by atoms with Gasteiger partial charge in [0.2, 0.25) is 23.6 Å². The first-order chi connectivity index (χ1) is 45.7. The van der Waals surface area contributed by atoms with Gasteiger partial charge < -0.3 is 132 Å². The largest absolute Gasteiger partial charge is 0.394 e. The van der Waals surface area contributed by atoms with Crippen molar-refractivity contribution in [2.75, 3.05) is 69.5 Å². The number of aliphatic hydroxyl groups is 1. The molecule has 1 aromatic carbocycles. The van der Waals surface area contributed by atoms with Gasteiger partial charge in [-0.1, -0.05) is 181 Å². The minimum absolute atomic E-state index is 0. The molecule has 0 bridgehead atoms. The van der Waals surface area contributed by atoms with E-state index in [0.717, 1.165) is 62.4 Å². The van der Waals surface area contributed by atoms with Gasteiger partial charge in [-0.25, -0.2) is 0 Å². The summed E-state index contributed by atoms with van der Waals surface area (Å²) in [6.45, 7) is 70.2. The van der Waals surface area contributed by atoms with Gasteiger partial charge in [0.25, 0.3) is 0 Å². The lowest BCUT2D eigenvalue weighted by Crippen LogP contribution is -2.57. The lowest BCUT2D eigenvalue weighted by Gasteiger charge is -2.34. The molecule has 29 nitrogen and oxygen atoms in total. The van der Waals surface area contributed by atoms with Crippen LogP contribution in [-0.2, 0) is 73.5 Å². The fourth-order valence-electron chi connectivity index (χ4n) is 4.25. The molecule has 1 unspecified atom stereocenters. The number of piperidine rings is 1. The van der Waals surface area contributed by atoms with Crippen LogP contribution in [-0.4, -0.2) is 205 Å². The number of amides is 4. The first kappa shape index (κ1) is 181. The summed E-state index contributed by atoms with van der Waals surface area (Å²) in [4.78, 5) is 135. The molecule has 26 N–H and O–H groups in total. The van der Waals surface area contributed by atoms with E-state index in [2.05, 4.69) is 154 Å². The fourth-order valence-corrected chi connectivity index (χ4v) is 4.25. The van der Waals surface area contributed by atoms with E-state index in [4.69, 9.17) is 53.1 Å². The van der Waals surface area contributed by atoms with Crippen molar-refractivity contribution in [1.29, 1.82) is 0 Å². The average Bonchev–Trinajstić information content (AvgIpc) is 0.863. The molecule has 0 saturated carbocycles. The third kappa shape index (κ3) is 227. The maximum absolute atomic E-state index is 13.0. The highest BCUT2D eigenvalue weighted by Crippen LogP contribution is 2.15. The van der Waals surface area contributed by atoms with Crippen LogP contribution >= 0.6 is 0 Å². The number of nitrogens with two attached hydrogens (primary N) is 6. The van der Waals surface area contributed by atoms with E-state index in [1.807, 2.05) is 115 Å². The van der Waals surface area contributed by atoms with Crippen LogP contribution in [0, 0.1) is 29.6 Å². The summed E-state index contributed by atoms with van der Waals surface area (Å²) >= 11 is 0. The zero-order chi connectivity index (χ0) is 84.1. The molecule has 1 aromatic rings. The number of benzene rings is 1. The number of nitrogens with zero attached hydrogens (tertiary/aromatic N) is 3. The van der Waals surface area contributed by atoms with Crippen molar-refractivity contribution in [1.82, 2.24) is 44.6 Å². The van der Waals surface area contributed by atoms with Gasteiger partial charge in [0, 0.05) is 40.2 Å². The van der Waals surface area contributed by atoms with Crippen molar-refractivity contribution in [2.24, 2.45) is 64.0 Å². The molecule has 620 valence electrons. The normalized spacial score (nSPS) is 8.79. The molecular weight excluding hydrogens is 1290 g/mol. The van der Waals surface area contributed by atoms with Crippen molar-refractivity contribution in [2.45, 2.75) is 242 Å². The zero-order valence-electron chi connectivity index (χ0n) is 71.0. The number of aryl methyl sites for hydroxylation is 1. The van der Waals surface area contributed by atoms with Crippen molar-refractivity contribution in [3.8, 4) is 0 Å². The summed E-state index contributed by atoms with van der Waals surface area (Å²) in [5, 5.41) is 10.9. The van der Waals surface area contributed by atoms with Gasteiger partial charge in [-0.05, 0) is 137 Å². The summed E-state index contributed by atoms with van der Waals surface area (Å²) in [6.07, 6.45) is 8.46. The molecule has 1 aliphatic rings. The molecule has 0 aromatic heterocycles. The molecule has 1 heterocycles. The Kier molecular flexibility index (Phi) is 383. The lowest BCUT2D eigenvalue weighted by molar-refractivity contribution is -0.147. The second kappa shape index (κ2) is 212. The molecule has 4 amide bonds. The molecule has 0 spiro atoms. The Morgan fingerprint density at radius 3 is 0.840 bits per heavy atom. The fraction of sp³-hybridized carbons (Fsp3) is 0.718. The lowest BCUT2D eigenvalue weighted by atomic mass is 10.0. The molecule has 3 atom stereocenters. The van der Waals surface area contributed by atoms with Crippen LogP contribution in [0.4, 0.5) is 0 Å². The standard InChI is InChI=1S/C21H38N4O4.C8H10.3C5H12.C4H10.C3H8O.2C2H6.6CH5N.10CH2O.4H3N/c1-14(2)13-18(24(7)21(29)16(4)23(6)17(5)26)19(27)22-15(3)20(28)25-11-9-8-10-12-25;1-2-8-6-4-3-5-7-8;3*1-4-5(2)3;1-4(2)3;1-3(2)4;18*1-2;;;;/h14-16,18H,8-13H2,1-7H3,(H,22,27);3-7H,2H2,1H3;3*5H,4H2,1-3H3;4H,1-3H3;3-4H,1-2H3;2*1-2H3;6*2H2,1H3;10*1H2;4*1H3/t15-,16-,18?;;;;;;;;;;;;;;;;;;;;;;;;;;;;/m0............................/s1. The summed E-state index contributed by atoms with van der Waals surface area (Å²) in [5.74, 6) is 2.71. The molecule has 1 saturated heterocycles. The van der Waals surface area contributed by atoms with Gasteiger partial charge >= 0.3 is 0 Å². The predicted octanol–water partition coefficient (Wildman–Crippen LogP) is 10.00. The van der Waals surface area contributed by atoms with Crippen LogP contribution in [0.3, 0.4) is 0 Å². The summed E-state index contributed by atoms with van der Waals surface area (Å²) in [6, 6.07) is 8.43. The number of carbonyl (C=O) groups is 14. The Morgan fingerprint density at radius 2 is 0.670 bits per heavy atom. The first-order valence-electron chi connectivity index (χ1n) is 31.8. The van der Waals surface area contributed by atoms with Gasteiger partial charge in [0.15, 0.2) is 0 Å². The molecule has 0 aliphatic carbocycles. The molecular formula is C71H176N14O15. The summed E-state index contributed by atoms with van der Waals surface area (Å²) in [5.41, 5.74) is 28.4. The van der Waals surface area contributed by atoms with Crippen molar-refractivity contribution >= 4 is 91.5 Å². The Morgan fingerprint density at radius 1 is 0.450 bits per heavy atom. The van der Waals surface area contributed by atoms with Crippen molar-refractivity contribution in [3.05, 3.63) is 35.9 Å². The van der Waals surface area contributed by atoms with E-state index in [1.165, 1.54) is 83.8 Å². The van der Waals surface area contributed by atoms with E-state index in [1.54, 1.807) is 46.7 Å². The minimum atomic E-state index is -0.707. The number of nitrogens with one attached hydrogen (secondary N) is 1. The predicted molar refractivity (Wildman–Crippen MR) is 436 cm³/mol. The van der Waals surface area contributed by atoms with E-state index in [0.29, 0.717) is 6.42 Å². The second-order valence-corrected chi connectivity index (χ2v) is 18.6. The number of likely N-dealkylation sites (tertiary alicyclic amines) is 1. The number of hydrogen-bond acceptors (Lipinski definition) is 25. The van der Waals surface area contributed by atoms with Gasteiger partial charge in [0.05, 0.1) is 0 Å².